The number of para-hydroxylation sites is 1. The van der Waals surface area contributed by atoms with Gasteiger partial charge >= 0.3 is 0 Å². The largest absolute Gasteiger partial charge is 0.492 e. The first-order chi connectivity index (χ1) is 8.38. The summed E-state index contributed by atoms with van der Waals surface area (Å²) in [4.78, 5) is 0. The summed E-state index contributed by atoms with van der Waals surface area (Å²) in [6.07, 6.45) is 0. The zero-order valence-electron chi connectivity index (χ0n) is 10.9. The highest BCUT2D eigenvalue weighted by Gasteiger charge is 2.16. The molecule has 0 radical (unpaired) electrons. The minimum atomic E-state index is -3.06. The van der Waals surface area contributed by atoms with E-state index in [-0.39, 0.29) is 17.6 Å². The van der Waals surface area contributed by atoms with Crippen molar-refractivity contribution in [2.24, 2.45) is 0 Å². The van der Waals surface area contributed by atoms with Gasteiger partial charge in [0.2, 0.25) is 0 Å². The Kier molecular flexibility index (Phi) is 5.47. The van der Waals surface area contributed by atoms with E-state index in [1.54, 1.807) is 13.8 Å². The fourth-order valence-electron chi connectivity index (χ4n) is 1.52. The molecule has 0 aromatic heterocycles. The summed E-state index contributed by atoms with van der Waals surface area (Å²) in [5.74, 6) is 1.08. The van der Waals surface area contributed by atoms with Crippen LogP contribution in [0.5, 0.6) is 5.75 Å². The highest BCUT2D eigenvalue weighted by Crippen LogP contribution is 2.24. The molecule has 1 rings (SSSR count). The van der Waals surface area contributed by atoms with Gasteiger partial charge in [-0.3, -0.25) is 0 Å². The summed E-state index contributed by atoms with van der Waals surface area (Å²) in [7, 11) is -3.06. The minimum absolute atomic E-state index is 0.0285. The van der Waals surface area contributed by atoms with Crippen molar-refractivity contribution in [2.45, 2.75) is 31.9 Å². The van der Waals surface area contributed by atoms with Gasteiger partial charge in [0.05, 0.1) is 16.9 Å². The van der Waals surface area contributed by atoms with Gasteiger partial charge in [0.25, 0.3) is 0 Å². The molecule has 0 saturated heterocycles. The number of hydrogen-bond donors (Lipinski definition) is 0. The van der Waals surface area contributed by atoms with Crippen molar-refractivity contribution in [3.8, 4) is 5.75 Å². The van der Waals surface area contributed by atoms with Crippen molar-refractivity contribution in [1.82, 2.24) is 0 Å². The molecule has 0 amide bonds. The van der Waals surface area contributed by atoms with Crippen molar-refractivity contribution < 1.29 is 13.2 Å². The van der Waals surface area contributed by atoms with E-state index in [0.29, 0.717) is 11.6 Å². The van der Waals surface area contributed by atoms with Crippen LogP contribution < -0.4 is 4.74 Å². The monoisotopic (exact) mass is 290 g/mol. The Morgan fingerprint density at radius 3 is 2.56 bits per heavy atom. The number of ether oxygens (including phenoxy) is 1. The lowest BCUT2D eigenvalue weighted by molar-refractivity contribution is 0.335. The Morgan fingerprint density at radius 2 is 2.00 bits per heavy atom. The molecule has 0 atom stereocenters. The number of halogens is 1. The second-order valence-electron chi connectivity index (χ2n) is 4.46. The quantitative estimate of drug-likeness (QED) is 0.757. The first kappa shape index (κ1) is 15.3. The zero-order valence-corrected chi connectivity index (χ0v) is 12.5. The molecule has 0 aliphatic heterocycles. The maximum absolute atomic E-state index is 11.7. The lowest BCUT2D eigenvalue weighted by Gasteiger charge is -2.13. The van der Waals surface area contributed by atoms with Gasteiger partial charge in [-0.1, -0.05) is 18.2 Å². The molecular formula is C13H19ClO3S. The summed E-state index contributed by atoms with van der Waals surface area (Å²) in [6, 6.07) is 5.71. The Morgan fingerprint density at radius 1 is 1.33 bits per heavy atom. The first-order valence-corrected chi connectivity index (χ1v) is 8.12. The van der Waals surface area contributed by atoms with Gasteiger partial charge in [-0.25, -0.2) is 8.42 Å². The number of hydrogen-bond acceptors (Lipinski definition) is 3. The molecular weight excluding hydrogens is 272 g/mol. The normalized spacial score (nSPS) is 11.8. The number of rotatable bonds is 6. The minimum Gasteiger partial charge on any atom is -0.492 e. The number of benzene rings is 1. The van der Waals surface area contributed by atoms with Crippen LogP contribution in [0.15, 0.2) is 18.2 Å². The van der Waals surface area contributed by atoms with E-state index in [1.165, 1.54) is 0 Å². The van der Waals surface area contributed by atoms with Crippen molar-refractivity contribution in [3.63, 3.8) is 0 Å². The second kappa shape index (κ2) is 6.43. The van der Waals surface area contributed by atoms with Crippen LogP contribution >= 0.6 is 11.6 Å². The number of aryl methyl sites for hydroxylation is 1. The van der Waals surface area contributed by atoms with Crippen molar-refractivity contribution in [2.75, 3.05) is 12.4 Å². The predicted octanol–water partition coefficient (Wildman–Crippen LogP) is 2.94. The van der Waals surface area contributed by atoms with Crippen LogP contribution in [0, 0.1) is 6.92 Å². The van der Waals surface area contributed by atoms with Gasteiger partial charge in [0, 0.05) is 5.56 Å². The van der Waals surface area contributed by atoms with E-state index in [1.807, 2.05) is 25.1 Å². The molecule has 0 spiro atoms. The summed E-state index contributed by atoms with van der Waals surface area (Å²) in [5.41, 5.74) is 1.86. The Bertz CT molecular complexity index is 495. The highest BCUT2D eigenvalue weighted by atomic mass is 35.5. The molecule has 0 bridgehead atoms. The molecule has 0 saturated carbocycles. The maximum atomic E-state index is 11.7. The van der Waals surface area contributed by atoms with Crippen LogP contribution in [0.2, 0.25) is 0 Å². The number of alkyl halides is 1. The third-order valence-corrected chi connectivity index (χ3v) is 5.23. The SMILES string of the molecule is Cc1cccc(CCl)c1OCCS(=O)(=O)C(C)C. The summed E-state index contributed by atoms with van der Waals surface area (Å²) >= 11 is 5.83. The molecule has 0 fully saturated rings. The summed E-state index contributed by atoms with van der Waals surface area (Å²) in [5, 5.41) is -0.370. The summed E-state index contributed by atoms with van der Waals surface area (Å²) < 4.78 is 28.9. The van der Waals surface area contributed by atoms with Crippen LogP contribution in [0.25, 0.3) is 0 Å². The maximum Gasteiger partial charge on any atom is 0.155 e. The van der Waals surface area contributed by atoms with E-state index < -0.39 is 9.84 Å². The van der Waals surface area contributed by atoms with Crippen molar-refractivity contribution >= 4 is 21.4 Å². The van der Waals surface area contributed by atoms with E-state index >= 15 is 0 Å². The van der Waals surface area contributed by atoms with E-state index in [9.17, 15) is 8.42 Å². The van der Waals surface area contributed by atoms with E-state index in [2.05, 4.69) is 0 Å². The Labute approximate surface area is 114 Å². The van der Waals surface area contributed by atoms with Gasteiger partial charge in [0.1, 0.15) is 12.4 Å². The fourth-order valence-corrected chi connectivity index (χ4v) is 2.52. The Balaban J connectivity index is 2.70. The Hall–Kier alpha value is -0.740. The molecule has 18 heavy (non-hydrogen) atoms. The molecule has 102 valence electrons. The van der Waals surface area contributed by atoms with E-state index in [4.69, 9.17) is 16.3 Å². The topological polar surface area (TPSA) is 43.4 Å². The first-order valence-electron chi connectivity index (χ1n) is 5.87. The molecule has 3 nitrogen and oxygen atoms in total. The van der Waals surface area contributed by atoms with Gasteiger partial charge in [0.15, 0.2) is 9.84 Å². The summed E-state index contributed by atoms with van der Waals surface area (Å²) in [6.45, 7) is 5.43. The molecule has 5 heteroatoms. The lowest BCUT2D eigenvalue weighted by atomic mass is 10.1. The van der Waals surface area contributed by atoms with E-state index in [0.717, 1.165) is 11.1 Å². The van der Waals surface area contributed by atoms with Gasteiger partial charge in [-0.05, 0) is 26.3 Å². The molecule has 1 aromatic rings. The second-order valence-corrected chi connectivity index (χ2v) is 7.41. The molecule has 0 aliphatic carbocycles. The van der Waals surface area contributed by atoms with Crippen molar-refractivity contribution in [1.29, 1.82) is 0 Å². The smallest absolute Gasteiger partial charge is 0.155 e. The standard InChI is InChI=1S/C13H19ClO3S/c1-10(2)18(15,16)8-7-17-13-11(3)5-4-6-12(13)9-14/h4-6,10H,7-9H2,1-3H3. The van der Waals surface area contributed by atoms with Gasteiger partial charge < -0.3 is 4.74 Å². The average molecular weight is 291 g/mol. The van der Waals surface area contributed by atoms with Crippen LogP contribution in [0.3, 0.4) is 0 Å². The third kappa shape index (κ3) is 3.89. The van der Waals surface area contributed by atoms with Gasteiger partial charge in [-0.15, -0.1) is 11.6 Å². The lowest BCUT2D eigenvalue weighted by Crippen LogP contribution is -2.22. The van der Waals surface area contributed by atoms with Crippen LogP contribution in [0.4, 0.5) is 0 Å². The van der Waals surface area contributed by atoms with Gasteiger partial charge in [-0.2, -0.15) is 0 Å². The molecule has 0 heterocycles. The average Bonchev–Trinajstić information content (AvgIpc) is 2.30. The predicted molar refractivity (Wildman–Crippen MR) is 75.2 cm³/mol. The molecule has 0 N–H and O–H groups in total. The third-order valence-electron chi connectivity index (χ3n) is 2.77. The number of sulfone groups is 1. The van der Waals surface area contributed by atoms with Crippen LogP contribution in [-0.2, 0) is 15.7 Å². The zero-order chi connectivity index (χ0) is 13.8. The highest BCUT2D eigenvalue weighted by molar-refractivity contribution is 7.91. The molecule has 1 aromatic carbocycles. The molecule has 0 unspecified atom stereocenters. The fraction of sp³-hybridized carbons (Fsp3) is 0.538. The van der Waals surface area contributed by atoms with Crippen LogP contribution in [-0.4, -0.2) is 26.0 Å². The van der Waals surface area contributed by atoms with Crippen LogP contribution in [0.1, 0.15) is 25.0 Å². The molecule has 0 aliphatic rings. The van der Waals surface area contributed by atoms with Crippen molar-refractivity contribution in [3.05, 3.63) is 29.3 Å².